The highest BCUT2D eigenvalue weighted by Gasteiger charge is 2.23. The molecule has 2 unspecified atom stereocenters. The molecule has 4 heteroatoms. The van der Waals surface area contributed by atoms with E-state index in [1.807, 2.05) is 54.6 Å². The van der Waals surface area contributed by atoms with Crippen LogP contribution in [0.25, 0.3) is 0 Å². The van der Waals surface area contributed by atoms with E-state index in [4.69, 9.17) is 9.47 Å². The summed E-state index contributed by atoms with van der Waals surface area (Å²) in [7, 11) is 1.63. The lowest BCUT2D eigenvalue weighted by molar-refractivity contribution is 0.0345. The minimum atomic E-state index is -0.651. The topological polar surface area (TPSA) is 50.7 Å². The minimum absolute atomic E-state index is 0.307. The number of methoxy groups -OCH3 is 1. The van der Waals surface area contributed by atoms with E-state index < -0.39 is 12.2 Å². The van der Waals surface area contributed by atoms with E-state index >= 15 is 0 Å². The predicted molar refractivity (Wildman–Crippen MR) is 92.0 cm³/mol. The van der Waals surface area contributed by atoms with E-state index in [2.05, 4.69) is 19.2 Å². The summed E-state index contributed by atoms with van der Waals surface area (Å²) in [4.78, 5) is 0. The zero-order chi connectivity index (χ0) is 16.7. The molecule has 23 heavy (non-hydrogen) atoms. The van der Waals surface area contributed by atoms with Crippen molar-refractivity contribution < 1.29 is 14.6 Å². The first-order valence-electron chi connectivity index (χ1n) is 7.87. The van der Waals surface area contributed by atoms with Crippen molar-refractivity contribution in [1.82, 2.24) is 5.32 Å². The second-order valence-electron chi connectivity index (χ2n) is 5.75. The Hall–Kier alpha value is -2.04. The summed E-state index contributed by atoms with van der Waals surface area (Å²) in [6.45, 7) is 4.57. The van der Waals surface area contributed by atoms with Gasteiger partial charge < -0.3 is 19.9 Å². The van der Waals surface area contributed by atoms with Crippen LogP contribution in [0.15, 0.2) is 54.6 Å². The first-order chi connectivity index (χ1) is 11.1. The Morgan fingerprint density at radius 3 is 2.13 bits per heavy atom. The Bertz CT molecular complexity index is 569. The molecule has 2 N–H and O–H groups in total. The number of aliphatic hydroxyl groups is 1. The van der Waals surface area contributed by atoms with Gasteiger partial charge in [0, 0.05) is 12.6 Å². The second-order valence-corrected chi connectivity index (χ2v) is 5.75. The predicted octanol–water partition coefficient (Wildman–Crippen LogP) is 3.17. The molecule has 2 aromatic rings. The molecule has 0 aliphatic carbocycles. The lowest BCUT2D eigenvalue weighted by Crippen LogP contribution is -2.37. The van der Waals surface area contributed by atoms with Crippen LogP contribution in [-0.4, -0.2) is 30.9 Å². The Kier molecular flexibility index (Phi) is 6.44. The SMILES string of the molecule is COc1ccc(OC(c2ccccc2)C(O)CNC(C)C)cc1. The number of hydrogen-bond donors (Lipinski definition) is 2. The molecule has 2 atom stereocenters. The average Bonchev–Trinajstić information content (AvgIpc) is 2.59. The summed E-state index contributed by atoms with van der Waals surface area (Å²) in [6, 6.07) is 17.5. The smallest absolute Gasteiger partial charge is 0.151 e. The third kappa shape index (κ3) is 5.27. The van der Waals surface area contributed by atoms with Crippen LogP contribution < -0.4 is 14.8 Å². The van der Waals surface area contributed by atoms with Gasteiger partial charge in [-0.2, -0.15) is 0 Å². The second kappa shape index (κ2) is 8.56. The molecule has 2 aromatic carbocycles. The largest absolute Gasteiger partial charge is 0.497 e. The van der Waals surface area contributed by atoms with E-state index in [0.29, 0.717) is 18.3 Å². The maximum absolute atomic E-state index is 10.6. The Morgan fingerprint density at radius 2 is 1.57 bits per heavy atom. The van der Waals surface area contributed by atoms with Crippen LogP contribution in [-0.2, 0) is 0 Å². The van der Waals surface area contributed by atoms with E-state index in [-0.39, 0.29) is 0 Å². The highest BCUT2D eigenvalue weighted by atomic mass is 16.5. The molecule has 0 heterocycles. The Balaban J connectivity index is 2.15. The van der Waals surface area contributed by atoms with Gasteiger partial charge in [0.2, 0.25) is 0 Å². The molecule has 0 spiro atoms. The van der Waals surface area contributed by atoms with Gasteiger partial charge in [0.25, 0.3) is 0 Å². The fourth-order valence-electron chi connectivity index (χ4n) is 2.28. The zero-order valence-corrected chi connectivity index (χ0v) is 13.9. The molecule has 0 bridgehead atoms. The third-order valence-electron chi connectivity index (χ3n) is 3.54. The summed E-state index contributed by atoms with van der Waals surface area (Å²) < 4.78 is 11.2. The van der Waals surface area contributed by atoms with Crippen molar-refractivity contribution in [2.75, 3.05) is 13.7 Å². The standard InChI is InChI=1S/C19H25NO3/c1-14(2)20-13-18(21)19(15-7-5-4-6-8-15)23-17-11-9-16(22-3)10-12-17/h4-12,14,18-21H,13H2,1-3H3. The summed E-state index contributed by atoms with van der Waals surface area (Å²) in [5, 5.41) is 13.8. The molecular weight excluding hydrogens is 290 g/mol. The number of hydrogen-bond acceptors (Lipinski definition) is 4. The minimum Gasteiger partial charge on any atom is -0.497 e. The monoisotopic (exact) mass is 315 g/mol. The molecule has 0 aliphatic rings. The van der Waals surface area contributed by atoms with Gasteiger partial charge in [-0.3, -0.25) is 0 Å². The summed E-state index contributed by atoms with van der Waals surface area (Å²) in [5.41, 5.74) is 0.946. The first kappa shape index (κ1) is 17.3. The summed E-state index contributed by atoms with van der Waals surface area (Å²) in [5.74, 6) is 1.47. The lowest BCUT2D eigenvalue weighted by Gasteiger charge is -2.26. The van der Waals surface area contributed by atoms with Crippen LogP contribution in [0.1, 0.15) is 25.5 Å². The van der Waals surface area contributed by atoms with Crippen LogP contribution >= 0.6 is 0 Å². The molecule has 0 saturated carbocycles. The number of nitrogens with one attached hydrogen (secondary N) is 1. The van der Waals surface area contributed by atoms with E-state index in [1.165, 1.54) is 0 Å². The molecule has 0 aromatic heterocycles. The molecule has 2 rings (SSSR count). The van der Waals surface area contributed by atoms with Crippen molar-refractivity contribution in [3.8, 4) is 11.5 Å². The average molecular weight is 315 g/mol. The number of rotatable bonds is 8. The van der Waals surface area contributed by atoms with Gasteiger partial charge in [-0.05, 0) is 29.8 Å². The van der Waals surface area contributed by atoms with Gasteiger partial charge in [0.05, 0.1) is 7.11 Å². The van der Waals surface area contributed by atoms with Gasteiger partial charge in [0.1, 0.15) is 17.6 Å². The Labute approximate surface area is 138 Å². The summed E-state index contributed by atoms with van der Waals surface area (Å²) >= 11 is 0. The van der Waals surface area contributed by atoms with Crippen LogP contribution in [0.3, 0.4) is 0 Å². The molecular formula is C19H25NO3. The van der Waals surface area contributed by atoms with Crippen LogP contribution in [0, 0.1) is 0 Å². The molecule has 4 nitrogen and oxygen atoms in total. The van der Waals surface area contributed by atoms with Gasteiger partial charge in [-0.15, -0.1) is 0 Å². The van der Waals surface area contributed by atoms with Crippen LogP contribution in [0.2, 0.25) is 0 Å². The van der Waals surface area contributed by atoms with E-state index in [1.54, 1.807) is 7.11 Å². The first-order valence-corrected chi connectivity index (χ1v) is 7.87. The molecule has 0 amide bonds. The van der Waals surface area contributed by atoms with Gasteiger partial charge in [-0.25, -0.2) is 0 Å². The zero-order valence-electron chi connectivity index (χ0n) is 13.9. The number of benzene rings is 2. The summed E-state index contributed by atoms with van der Waals surface area (Å²) in [6.07, 6.45) is -1.09. The van der Waals surface area contributed by atoms with E-state index in [0.717, 1.165) is 11.3 Å². The molecule has 0 saturated heterocycles. The quantitative estimate of drug-likeness (QED) is 0.785. The molecule has 124 valence electrons. The van der Waals surface area contributed by atoms with Crippen molar-refractivity contribution in [2.24, 2.45) is 0 Å². The maximum Gasteiger partial charge on any atom is 0.151 e. The van der Waals surface area contributed by atoms with Gasteiger partial charge in [0.15, 0.2) is 6.10 Å². The highest BCUT2D eigenvalue weighted by Crippen LogP contribution is 2.26. The molecule has 0 aliphatic heterocycles. The normalized spacial score (nSPS) is 13.6. The van der Waals surface area contributed by atoms with E-state index in [9.17, 15) is 5.11 Å². The lowest BCUT2D eigenvalue weighted by atomic mass is 10.0. The van der Waals surface area contributed by atoms with Crippen LogP contribution in [0.4, 0.5) is 0 Å². The Morgan fingerprint density at radius 1 is 0.957 bits per heavy atom. The van der Waals surface area contributed by atoms with Crippen molar-refractivity contribution in [3.05, 3.63) is 60.2 Å². The van der Waals surface area contributed by atoms with Crippen molar-refractivity contribution in [3.63, 3.8) is 0 Å². The molecule has 0 radical (unpaired) electrons. The van der Waals surface area contributed by atoms with Crippen molar-refractivity contribution >= 4 is 0 Å². The van der Waals surface area contributed by atoms with Crippen LogP contribution in [0.5, 0.6) is 11.5 Å². The third-order valence-corrected chi connectivity index (χ3v) is 3.54. The number of aliphatic hydroxyl groups excluding tert-OH is 1. The molecule has 0 fully saturated rings. The van der Waals surface area contributed by atoms with Crippen molar-refractivity contribution in [2.45, 2.75) is 32.1 Å². The highest BCUT2D eigenvalue weighted by molar-refractivity contribution is 5.32. The van der Waals surface area contributed by atoms with Gasteiger partial charge in [-0.1, -0.05) is 44.2 Å². The maximum atomic E-state index is 10.6. The van der Waals surface area contributed by atoms with Gasteiger partial charge >= 0.3 is 0 Å². The number of ether oxygens (including phenoxy) is 2. The fourth-order valence-corrected chi connectivity index (χ4v) is 2.28. The fraction of sp³-hybridized carbons (Fsp3) is 0.368. The van der Waals surface area contributed by atoms with Crippen molar-refractivity contribution in [1.29, 1.82) is 0 Å².